The Kier molecular flexibility index (Phi) is 3.76. The lowest BCUT2D eigenvalue weighted by molar-refractivity contribution is -0.117. The minimum Gasteiger partial charge on any atom is -0.300 e. The third kappa shape index (κ3) is 2.64. The molecule has 0 spiro atoms. The summed E-state index contributed by atoms with van der Waals surface area (Å²) in [6.45, 7) is 1.24. The summed E-state index contributed by atoms with van der Waals surface area (Å²) in [7, 11) is 0. The molecule has 2 aromatic rings. The Hall–Kier alpha value is -2.74. The first-order valence-corrected chi connectivity index (χ1v) is 5.92. The largest absolute Gasteiger partial charge is 0.300 e. The Bertz CT molecular complexity index is 755. The van der Waals surface area contributed by atoms with Gasteiger partial charge in [-0.15, -0.1) is 0 Å². The molecule has 0 saturated carbocycles. The van der Waals surface area contributed by atoms with Crippen LogP contribution in [0.15, 0.2) is 41.2 Å². The first kappa shape index (κ1) is 13.7. The summed E-state index contributed by atoms with van der Waals surface area (Å²) in [6.07, 6.45) is 0. The molecular weight excluding hydrogens is 259 g/mol. The van der Waals surface area contributed by atoms with E-state index in [1.807, 2.05) is 0 Å². The molecule has 0 unspecified atom stereocenters. The second-order valence-electron chi connectivity index (χ2n) is 4.34. The number of nitriles is 1. The third-order valence-corrected chi connectivity index (χ3v) is 2.82. The summed E-state index contributed by atoms with van der Waals surface area (Å²) in [5, 5.41) is 8.88. The normalized spacial score (nSPS) is 10.1. The van der Waals surface area contributed by atoms with Crippen molar-refractivity contribution in [3.63, 3.8) is 0 Å². The Morgan fingerprint density at radius 1 is 1.25 bits per heavy atom. The summed E-state index contributed by atoms with van der Waals surface area (Å²) in [4.78, 5) is 23.4. The van der Waals surface area contributed by atoms with Crippen molar-refractivity contribution in [2.75, 3.05) is 0 Å². The van der Waals surface area contributed by atoms with Crippen LogP contribution in [0.4, 0.5) is 4.39 Å². The van der Waals surface area contributed by atoms with Gasteiger partial charge in [0.2, 0.25) is 0 Å². The molecule has 0 radical (unpaired) electrons. The van der Waals surface area contributed by atoms with E-state index >= 15 is 0 Å². The number of hydrogen-bond donors (Lipinski definition) is 0. The van der Waals surface area contributed by atoms with Crippen LogP contribution >= 0.6 is 0 Å². The summed E-state index contributed by atoms with van der Waals surface area (Å²) in [5.41, 5.74) is 0.528. The van der Waals surface area contributed by atoms with Crippen molar-refractivity contribution in [1.29, 1.82) is 5.26 Å². The van der Waals surface area contributed by atoms with Crippen LogP contribution in [0.1, 0.15) is 12.5 Å². The Balaban J connectivity index is 2.67. The second-order valence-corrected chi connectivity index (χ2v) is 4.34. The van der Waals surface area contributed by atoms with E-state index in [1.165, 1.54) is 41.8 Å². The van der Waals surface area contributed by atoms with Gasteiger partial charge in [0, 0.05) is 0 Å². The highest BCUT2D eigenvalue weighted by Crippen LogP contribution is 2.18. The van der Waals surface area contributed by atoms with Gasteiger partial charge in [-0.1, -0.05) is 0 Å². The molecule has 4 nitrogen and oxygen atoms in total. The molecule has 0 aliphatic rings. The predicted molar refractivity (Wildman–Crippen MR) is 71.5 cm³/mol. The highest BCUT2D eigenvalue weighted by molar-refractivity contribution is 5.76. The van der Waals surface area contributed by atoms with E-state index < -0.39 is 5.56 Å². The van der Waals surface area contributed by atoms with Gasteiger partial charge in [0.25, 0.3) is 5.56 Å². The molecule has 0 atom stereocenters. The van der Waals surface area contributed by atoms with Crippen LogP contribution in [0.25, 0.3) is 11.3 Å². The van der Waals surface area contributed by atoms with E-state index in [0.717, 1.165) is 0 Å². The summed E-state index contributed by atoms with van der Waals surface area (Å²) in [6, 6.07) is 10.4. The van der Waals surface area contributed by atoms with E-state index in [4.69, 9.17) is 5.26 Å². The predicted octanol–water partition coefficient (Wildman–Crippen LogP) is 2.12. The molecule has 5 heteroatoms. The Morgan fingerprint density at radius 2 is 1.90 bits per heavy atom. The SMILES string of the molecule is CC(=O)Cn1c(-c2ccc(F)cc2)ccc(C#N)c1=O. The van der Waals surface area contributed by atoms with Crippen molar-refractivity contribution in [2.24, 2.45) is 0 Å². The number of halogens is 1. The number of aromatic nitrogens is 1. The maximum Gasteiger partial charge on any atom is 0.269 e. The number of carbonyl (C=O) groups excluding carboxylic acids is 1. The lowest BCUT2D eigenvalue weighted by atomic mass is 10.1. The average molecular weight is 270 g/mol. The van der Waals surface area contributed by atoms with Crippen LogP contribution in [0.2, 0.25) is 0 Å². The minimum absolute atomic E-state index is 0.0305. The van der Waals surface area contributed by atoms with Crippen LogP contribution in [-0.2, 0) is 11.3 Å². The monoisotopic (exact) mass is 270 g/mol. The van der Waals surface area contributed by atoms with Gasteiger partial charge in [-0.05, 0) is 48.9 Å². The number of Topliss-reactive ketones (excluding diaryl/α,β-unsaturated/α-hetero) is 1. The summed E-state index contributed by atoms with van der Waals surface area (Å²) in [5.74, 6) is -0.589. The van der Waals surface area contributed by atoms with Crippen molar-refractivity contribution in [3.05, 3.63) is 58.1 Å². The van der Waals surface area contributed by atoms with E-state index in [0.29, 0.717) is 11.3 Å². The second kappa shape index (κ2) is 5.49. The first-order valence-electron chi connectivity index (χ1n) is 5.92. The van der Waals surface area contributed by atoms with Gasteiger partial charge < -0.3 is 0 Å². The van der Waals surface area contributed by atoms with E-state index in [-0.39, 0.29) is 23.7 Å². The number of pyridine rings is 1. The van der Waals surface area contributed by atoms with Crippen LogP contribution < -0.4 is 5.56 Å². The van der Waals surface area contributed by atoms with Crippen molar-refractivity contribution in [1.82, 2.24) is 4.57 Å². The zero-order valence-electron chi connectivity index (χ0n) is 10.8. The number of benzene rings is 1. The van der Waals surface area contributed by atoms with Crippen LogP contribution in [0, 0.1) is 17.1 Å². The standard InChI is InChI=1S/C15H11FN2O2/c1-10(19)9-18-14(7-4-12(8-17)15(18)20)11-2-5-13(16)6-3-11/h2-7H,9H2,1H3. The number of rotatable bonds is 3. The fourth-order valence-corrected chi connectivity index (χ4v) is 1.92. The van der Waals surface area contributed by atoms with Crippen molar-refractivity contribution in [2.45, 2.75) is 13.5 Å². The highest BCUT2D eigenvalue weighted by Gasteiger charge is 2.11. The molecule has 100 valence electrons. The number of ketones is 1. The van der Waals surface area contributed by atoms with Gasteiger partial charge in [0.15, 0.2) is 0 Å². The van der Waals surface area contributed by atoms with Gasteiger partial charge in [0.1, 0.15) is 23.2 Å². The van der Waals surface area contributed by atoms with Gasteiger partial charge in [-0.2, -0.15) is 5.26 Å². The molecule has 0 aliphatic heterocycles. The molecule has 0 N–H and O–H groups in total. The maximum absolute atomic E-state index is 12.9. The third-order valence-electron chi connectivity index (χ3n) is 2.82. The number of nitrogens with zero attached hydrogens (tertiary/aromatic N) is 2. The van der Waals surface area contributed by atoms with Crippen LogP contribution in [-0.4, -0.2) is 10.4 Å². The molecule has 0 bridgehead atoms. The minimum atomic E-state index is -0.524. The lowest BCUT2D eigenvalue weighted by Crippen LogP contribution is -2.26. The fraction of sp³-hybridized carbons (Fsp3) is 0.133. The van der Waals surface area contributed by atoms with Gasteiger partial charge in [0.05, 0.1) is 12.2 Å². The molecule has 1 aromatic carbocycles. The van der Waals surface area contributed by atoms with E-state index in [9.17, 15) is 14.0 Å². The molecule has 0 saturated heterocycles. The Labute approximate surface area is 114 Å². The molecule has 2 rings (SSSR count). The van der Waals surface area contributed by atoms with Gasteiger partial charge in [-0.25, -0.2) is 4.39 Å². The summed E-state index contributed by atoms with van der Waals surface area (Å²) < 4.78 is 14.2. The average Bonchev–Trinajstić information content (AvgIpc) is 2.42. The maximum atomic E-state index is 12.9. The highest BCUT2D eigenvalue weighted by atomic mass is 19.1. The zero-order chi connectivity index (χ0) is 14.7. The molecule has 0 aliphatic carbocycles. The Morgan fingerprint density at radius 3 is 2.45 bits per heavy atom. The molecule has 0 fully saturated rings. The van der Waals surface area contributed by atoms with Crippen molar-refractivity contribution in [3.8, 4) is 17.3 Å². The molecule has 1 aromatic heterocycles. The number of carbonyl (C=O) groups is 1. The lowest BCUT2D eigenvalue weighted by Gasteiger charge is -2.12. The van der Waals surface area contributed by atoms with Crippen molar-refractivity contribution < 1.29 is 9.18 Å². The van der Waals surface area contributed by atoms with Gasteiger partial charge in [-0.3, -0.25) is 14.2 Å². The first-order chi connectivity index (χ1) is 9.52. The molecular formula is C15H11FN2O2. The van der Waals surface area contributed by atoms with E-state index in [2.05, 4.69) is 0 Å². The van der Waals surface area contributed by atoms with Crippen LogP contribution in [0.3, 0.4) is 0 Å². The molecule has 0 amide bonds. The smallest absolute Gasteiger partial charge is 0.269 e. The zero-order valence-corrected chi connectivity index (χ0v) is 10.8. The van der Waals surface area contributed by atoms with Crippen LogP contribution in [0.5, 0.6) is 0 Å². The topological polar surface area (TPSA) is 62.9 Å². The number of hydrogen-bond acceptors (Lipinski definition) is 3. The molecule has 20 heavy (non-hydrogen) atoms. The molecule has 1 heterocycles. The quantitative estimate of drug-likeness (QED) is 0.858. The summed E-state index contributed by atoms with van der Waals surface area (Å²) >= 11 is 0. The van der Waals surface area contributed by atoms with Crippen molar-refractivity contribution >= 4 is 5.78 Å². The fourth-order valence-electron chi connectivity index (χ4n) is 1.92. The van der Waals surface area contributed by atoms with E-state index in [1.54, 1.807) is 12.1 Å². The van der Waals surface area contributed by atoms with Gasteiger partial charge >= 0.3 is 0 Å².